The van der Waals surface area contributed by atoms with E-state index in [-0.39, 0.29) is 12.0 Å². The molecule has 0 fully saturated rings. The quantitative estimate of drug-likeness (QED) is 0.351. The van der Waals surface area contributed by atoms with Gasteiger partial charge >= 0.3 is 5.97 Å². The van der Waals surface area contributed by atoms with Gasteiger partial charge in [0.25, 0.3) is 0 Å². The Kier molecular flexibility index (Phi) is 1.85. The number of ether oxygens (including phenoxy) is 1. The molecule has 1 rings (SSSR count). The third-order valence-corrected chi connectivity index (χ3v) is 1.34. The van der Waals surface area contributed by atoms with Gasteiger partial charge in [0.1, 0.15) is 0 Å². The van der Waals surface area contributed by atoms with E-state index in [1.165, 1.54) is 7.11 Å². The highest BCUT2D eigenvalue weighted by atomic mass is 16.5. The van der Waals surface area contributed by atoms with Crippen molar-refractivity contribution >= 4 is 5.97 Å². The highest BCUT2D eigenvalue weighted by Crippen LogP contribution is 1.87. The van der Waals surface area contributed by atoms with Crippen LogP contribution in [0, 0.1) is 0 Å². The van der Waals surface area contributed by atoms with E-state index in [1.807, 2.05) is 17.5 Å². The Hall–Kier alpha value is -0.830. The van der Waals surface area contributed by atoms with Crippen LogP contribution in [-0.4, -0.2) is 25.7 Å². The molecule has 0 aromatic rings. The lowest BCUT2D eigenvalue weighted by atomic mass is 10.3. The monoisotopic (exact) mass is 128 g/mol. The lowest BCUT2D eigenvalue weighted by Crippen LogP contribution is -2.89. The molecule has 2 N–H and O–H groups in total. The summed E-state index contributed by atoms with van der Waals surface area (Å²) in [4.78, 5) is 10.7. The van der Waals surface area contributed by atoms with Crippen molar-refractivity contribution in [3.63, 3.8) is 0 Å². The first-order valence-corrected chi connectivity index (χ1v) is 2.92. The van der Waals surface area contributed by atoms with Gasteiger partial charge in [-0.3, -0.25) is 0 Å². The van der Waals surface area contributed by atoms with E-state index in [0.29, 0.717) is 0 Å². The molecule has 9 heavy (non-hydrogen) atoms. The number of carbonyl (C=O) groups excluding carboxylic acids is 1. The summed E-state index contributed by atoms with van der Waals surface area (Å²) >= 11 is 0. The maximum absolute atomic E-state index is 10.7. The first-order valence-electron chi connectivity index (χ1n) is 2.92. The average molecular weight is 128 g/mol. The molecule has 1 atom stereocenters. The second kappa shape index (κ2) is 2.64. The van der Waals surface area contributed by atoms with Crippen LogP contribution < -0.4 is 5.32 Å². The smallest absolute Gasteiger partial charge is 0.368 e. The van der Waals surface area contributed by atoms with Crippen molar-refractivity contribution < 1.29 is 14.8 Å². The van der Waals surface area contributed by atoms with Gasteiger partial charge in [0.05, 0.1) is 13.7 Å². The minimum atomic E-state index is -0.163. The highest BCUT2D eigenvalue weighted by molar-refractivity contribution is 5.76. The molecule has 1 heterocycles. The van der Waals surface area contributed by atoms with Crippen molar-refractivity contribution in [2.75, 3.05) is 13.7 Å². The fraction of sp³-hybridized carbons (Fsp3) is 0.500. The van der Waals surface area contributed by atoms with Crippen molar-refractivity contribution in [1.82, 2.24) is 0 Å². The molecule has 1 aliphatic heterocycles. The second-order valence-corrected chi connectivity index (χ2v) is 1.95. The molecule has 0 saturated carbocycles. The Morgan fingerprint density at radius 2 is 2.67 bits per heavy atom. The van der Waals surface area contributed by atoms with E-state index in [1.54, 1.807) is 0 Å². The fourth-order valence-corrected chi connectivity index (χ4v) is 0.840. The van der Waals surface area contributed by atoms with Crippen LogP contribution in [0.5, 0.6) is 0 Å². The molecule has 0 bridgehead atoms. The third kappa shape index (κ3) is 1.29. The van der Waals surface area contributed by atoms with Crippen molar-refractivity contribution in [2.24, 2.45) is 0 Å². The maximum Gasteiger partial charge on any atom is 0.368 e. The topological polar surface area (TPSA) is 42.9 Å². The number of rotatable bonds is 1. The van der Waals surface area contributed by atoms with Crippen molar-refractivity contribution in [1.29, 1.82) is 0 Å². The third-order valence-electron chi connectivity index (χ3n) is 1.34. The summed E-state index contributed by atoms with van der Waals surface area (Å²) < 4.78 is 4.51. The van der Waals surface area contributed by atoms with E-state index < -0.39 is 0 Å². The Labute approximate surface area is 53.7 Å². The number of carbonyl (C=O) groups is 1. The molecular formula is C6H10NO2+. The molecule has 3 nitrogen and oxygen atoms in total. The Bertz CT molecular complexity index is 142. The fourth-order valence-electron chi connectivity index (χ4n) is 0.840. The number of nitrogens with two attached hydrogens (primary N) is 1. The zero-order valence-electron chi connectivity index (χ0n) is 5.33. The number of methoxy groups -OCH3 is 1. The number of esters is 1. The van der Waals surface area contributed by atoms with E-state index >= 15 is 0 Å². The summed E-state index contributed by atoms with van der Waals surface area (Å²) in [5, 5.41) is 1.92. The lowest BCUT2D eigenvalue weighted by Gasteiger charge is -2.00. The standard InChI is InChI=1S/C6H9NO2/c1-9-6(8)5-3-2-4-7-5/h2-3,5,7H,4H2,1H3/p+1/t5-/m0/s1. The maximum atomic E-state index is 10.7. The Balaban J connectivity index is 2.43. The van der Waals surface area contributed by atoms with Crippen LogP contribution in [0.1, 0.15) is 0 Å². The molecule has 50 valence electrons. The molecular weight excluding hydrogens is 118 g/mol. The van der Waals surface area contributed by atoms with Crippen molar-refractivity contribution in [3.8, 4) is 0 Å². The minimum absolute atomic E-state index is 0.0880. The van der Waals surface area contributed by atoms with E-state index in [4.69, 9.17) is 0 Å². The molecule has 1 aliphatic rings. The number of hydrogen-bond donors (Lipinski definition) is 1. The number of quaternary nitrogens is 1. The average Bonchev–Trinajstić information content (AvgIpc) is 2.37. The summed E-state index contributed by atoms with van der Waals surface area (Å²) in [5.74, 6) is -0.163. The van der Waals surface area contributed by atoms with Gasteiger partial charge in [0.15, 0.2) is 0 Å². The van der Waals surface area contributed by atoms with Crippen LogP contribution in [0.25, 0.3) is 0 Å². The number of hydrogen-bond acceptors (Lipinski definition) is 2. The van der Waals surface area contributed by atoms with Gasteiger partial charge in [0, 0.05) is 0 Å². The predicted octanol–water partition coefficient (Wildman–Crippen LogP) is -1.34. The molecule has 0 unspecified atom stereocenters. The van der Waals surface area contributed by atoms with Gasteiger partial charge in [-0.25, -0.2) is 4.79 Å². The first kappa shape index (κ1) is 6.29. The van der Waals surface area contributed by atoms with Gasteiger partial charge in [-0.15, -0.1) is 0 Å². The Morgan fingerprint density at radius 1 is 1.89 bits per heavy atom. The predicted molar refractivity (Wildman–Crippen MR) is 31.7 cm³/mol. The molecule has 0 amide bonds. The highest BCUT2D eigenvalue weighted by Gasteiger charge is 2.21. The second-order valence-electron chi connectivity index (χ2n) is 1.95. The van der Waals surface area contributed by atoms with Crippen LogP contribution >= 0.6 is 0 Å². The molecule has 0 spiro atoms. The van der Waals surface area contributed by atoms with Gasteiger partial charge in [-0.05, 0) is 12.2 Å². The SMILES string of the molecule is COC(=O)[C@@H]1C=CC[NH2+]1. The normalized spacial score (nSPS) is 24.3. The summed E-state index contributed by atoms with van der Waals surface area (Å²) in [5.41, 5.74) is 0. The summed E-state index contributed by atoms with van der Waals surface area (Å²) in [7, 11) is 1.41. The molecule has 3 heteroatoms. The van der Waals surface area contributed by atoms with Crippen LogP contribution in [-0.2, 0) is 9.53 Å². The zero-order chi connectivity index (χ0) is 6.69. The van der Waals surface area contributed by atoms with Crippen LogP contribution in [0.3, 0.4) is 0 Å². The van der Waals surface area contributed by atoms with Crippen LogP contribution in [0.2, 0.25) is 0 Å². The van der Waals surface area contributed by atoms with Gasteiger partial charge in [0.2, 0.25) is 6.04 Å². The van der Waals surface area contributed by atoms with Gasteiger partial charge < -0.3 is 10.1 Å². The van der Waals surface area contributed by atoms with Crippen LogP contribution in [0.15, 0.2) is 12.2 Å². The molecule has 0 radical (unpaired) electrons. The molecule has 0 aliphatic carbocycles. The van der Waals surface area contributed by atoms with Crippen molar-refractivity contribution in [3.05, 3.63) is 12.2 Å². The Morgan fingerprint density at radius 3 is 3.11 bits per heavy atom. The first-order chi connectivity index (χ1) is 4.34. The van der Waals surface area contributed by atoms with Gasteiger partial charge in [-0.1, -0.05) is 0 Å². The van der Waals surface area contributed by atoms with Gasteiger partial charge in [-0.2, -0.15) is 0 Å². The molecule has 0 aromatic heterocycles. The van der Waals surface area contributed by atoms with Crippen LogP contribution in [0.4, 0.5) is 0 Å². The summed E-state index contributed by atoms with van der Waals surface area (Å²) in [6.45, 7) is 0.889. The molecule has 0 aromatic carbocycles. The largest absolute Gasteiger partial charge is 0.464 e. The van der Waals surface area contributed by atoms with E-state index in [0.717, 1.165) is 6.54 Å². The zero-order valence-corrected chi connectivity index (χ0v) is 5.33. The van der Waals surface area contributed by atoms with E-state index in [2.05, 4.69) is 4.74 Å². The minimum Gasteiger partial charge on any atom is -0.464 e. The summed E-state index contributed by atoms with van der Waals surface area (Å²) in [6, 6.07) is -0.0880. The summed E-state index contributed by atoms with van der Waals surface area (Å²) in [6.07, 6.45) is 3.81. The van der Waals surface area contributed by atoms with E-state index in [9.17, 15) is 4.79 Å². The lowest BCUT2D eigenvalue weighted by molar-refractivity contribution is -0.652. The molecule has 0 saturated heterocycles. The van der Waals surface area contributed by atoms with Crippen molar-refractivity contribution in [2.45, 2.75) is 6.04 Å².